The van der Waals surface area contributed by atoms with Crippen LogP contribution in [0.4, 0.5) is 0 Å². The number of fused-ring (bicyclic) bond motifs is 1. The lowest BCUT2D eigenvalue weighted by atomic mass is 9.87. The zero-order valence-electron chi connectivity index (χ0n) is 15.4. The Morgan fingerprint density at radius 1 is 0.926 bits per heavy atom. The Kier molecular flexibility index (Phi) is 5.05. The van der Waals surface area contributed by atoms with Gasteiger partial charge in [-0.1, -0.05) is 30.3 Å². The highest BCUT2D eigenvalue weighted by atomic mass is 16.7. The molecular formula is C19H22O8. The Hall–Kier alpha value is -2.68. The average molecular weight is 378 g/mol. The van der Waals surface area contributed by atoms with Gasteiger partial charge < -0.3 is 39.0 Å². The summed E-state index contributed by atoms with van der Waals surface area (Å²) in [6, 6.07) is 8.78. The van der Waals surface area contributed by atoms with E-state index < -0.39 is 18.0 Å². The number of hydrogen-bond acceptors (Lipinski definition) is 8. The maximum atomic E-state index is 11.1. The van der Waals surface area contributed by atoms with Gasteiger partial charge in [0.1, 0.15) is 6.10 Å². The van der Waals surface area contributed by atoms with Gasteiger partial charge in [-0.15, -0.1) is 0 Å². The number of phenolic OH excluding ortho intramolecular Hbond substituents is 1. The van der Waals surface area contributed by atoms with Crippen molar-refractivity contribution in [2.75, 3.05) is 28.4 Å². The van der Waals surface area contributed by atoms with Crippen LogP contribution in [0.3, 0.4) is 0 Å². The zero-order chi connectivity index (χ0) is 19.8. The minimum absolute atomic E-state index is 0.000265. The van der Waals surface area contributed by atoms with Crippen molar-refractivity contribution in [1.82, 2.24) is 0 Å². The molecule has 0 saturated heterocycles. The SMILES string of the molecule is COc1c(O)c(OC)c2c(c1OC)C(O)C(O)(OC)C(c1ccccc1)O2. The molecule has 0 bridgehead atoms. The molecule has 27 heavy (non-hydrogen) atoms. The summed E-state index contributed by atoms with van der Waals surface area (Å²) in [6.07, 6.45) is -2.69. The van der Waals surface area contributed by atoms with Crippen LogP contribution in [0.1, 0.15) is 23.3 Å². The average Bonchev–Trinajstić information content (AvgIpc) is 2.70. The van der Waals surface area contributed by atoms with Crippen molar-refractivity contribution in [3.63, 3.8) is 0 Å². The first-order valence-corrected chi connectivity index (χ1v) is 8.16. The quantitative estimate of drug-likeness (QED) is 0.678. The first kappa shape index (κ1) is 19.1. The molecular weight excluding hydrogens is 356 g/mol. The maximum Gasteiger partial charge on any atom is 0.239 e. The normalized spacial score (nSPS) is 23.9. The molecule has 3 rings (SSSR count). The molecule has 0 saturated carbocycles. The minimum Gasteiger partial charge on any atom is -0.501 e. The first-order chi connectivity index (χ1) is 12.9. The number of aliphatic hydroxyl groups is 2. The van der Waals surface area contributed by atoms with E-state index in [9.17, 15) is 15.3 Å². The van der Waals surface area contributed by atoms with Crippen LogP contribution >= 0.6 is 0 Å². The van der Waals surface area contributed by atoms with Gasteiger partial charge in [0.2, 0.25) is 23.0 Å². The molecule has 1 aliphatic rings. The lowest BCUT2D eigenvalue weighted by Crippen LogP contribution is -2.49. The number of hydrogen-bond donors (Lipinski definition) is 3. The van der Waals surface area contributed by atoms with Crippen LogP contribution in [0, 0.1) is 0 Å². The molecule has 8 nitrogen and oxygen atoms in total. The van der Waals surface area contributed by atoms with Crippen molar-refractivity contribution in [3.05, 3.63) is 41.5 Å². The van der Waals surface area contributed by atoms with Crippen molar-refractivity contribution >= 4 is 0 Å². The van der Waals surface area contributed by atoms with E-state index in [1.807, 2.05) is 6.07 Å². The summed E-state index contributed by atoms with van der Waals surface area (Å²) in [6.45, 7) is 0. The zero-order valence-corrected chi connectivity index (χ0v) is 15.4. The molecule has 1 heterocycles. The summed E-state index contributed by atoms with van der Waals surface area (Å²) in [7, 11) is 5.27. The summed E-state index contributed by atoms with van der Waals surface area (Å²) in [5.74, 6) is -2.57. The van der Waals surface area contributed by atoms with Gasteiger partial charge in [-0.05, 0) is 5.56 Å². The molecule has 2 aromatic rings. The van der Waals surface area contributed by atoms with Gasteiger partial charge in [-0.2, -0.15) is 0 Å². The van der Waals surface area contributed by atoms with Crippen LogP contribution in [-0.2, 0) is 4.74 Å². The summed E-state index contributed by atoms with van der Waals surface area (Å²) in [5, 5.41) is 32.7. The summed E-state index contributed by atoms with van der Waals surface area (Å²) in [4.78, 5) is 0. The molecule has 0 aliphatic carbocycles. The molecule has 3 N–H and O–H groups in total. The molecule has 3 unspecified atom stereocenters. The van der Waals surface area contributed by atoms with E-state index in [1.165, 1.54) is 28.4 Å². The van der Waals surface area contributed by atoms with E-state index in [2.05, 4.69) is 0 Å². The van der Waals surface area contributed by atoms with Gasteiger partial charge in [0.15, 0.2) is 17.6 Å². The number of benzene rings is 2. The molecule has 1 aliphatic heterocycles. The highest BCUT2D eigenvalue weighted by molar-refractivity contribution is 5.71. The number of methoxy groups -OCH3 is 4. The molecule has 0 amide bonds. The third kappa shape index (κ3) is 2.73. The van der Waals surface area contributed by atoms with E-state index in [0.29, 0.717) is 5.56 Å². The predicted molar refractivity (Wildman–Crippen MR) is 94.5 cm³/mol. The summed E-state index contributed by atoms with van der Waals surface area (Å²) < 4.78 is 27.0. The minimum atomic E-state index is -2.13. The van der Waals surface area contributed by atoms with Crippen molar-refractivity contribution < 1.29 is 39.0 Å². The molecule has 146 valence electrons. The van der Waals surface area contributed by atoms with E-state index in [-0.39, 0.29) is 34.3 Å². The van der Waals surface area contributed by atoms with Crippen LogP contribution in [0.2, 0.25) is 0 Å². The Morgan fingerprint density at radius 3 is 2.04 bits per heavy atom. The Bertz CT molecular complexity index is 822. The largest absolute Gasteiger partial charge is 0.501 e. The standard InChI is InChI=1S/C19H22O8/c1-23-13-11-14(16(25-3)12(20)15(13)24-2)27-18(10-8-6-5-7-9-10)19(22,26-4)17(11)21/h5-9,17-18,20-22H,1-4H3. The Labute approximate surface area is 156 Å². The van der Waals surface area contributed by atoms with Gasteiger partial charge in [-0.3, -0.25) is 0 Å². The van der Waals surface area contributed by atoms with Crippen LogP contribution in [-0.4, -0.2) is 49.5 Å². The molecule has 8 heteroatoms. The molecule has 0 spiro atoms. The molecule has 2 aromatic carbocycles. The number of phenols is 1. The number of aromatic hydroxyl groups is 1. The van der Waals surface area contributed by atoms with Crippen molar-refractivity contribution in [2.24, 2.45) is 0 Å². The lowest BCUT2D eigenvalue weighted by molar-refractivity contribution is -0.297. The van der Waals surface area contributed by atoms with Gasteiger partial charge in [-0.25, -0.2) is 0 Å². The second-order valence-corrected chi connectivity index (χ2v) is 5.96. The monoisotopic (exact) mass is 378 g/mol. The highest BCUT2D eigenvalue weighted by Crippen LogP contribution is 2.60. The van der Waals surface area contributed by atoms with E-state index in [0.717, 1.165) is 0 Å². The maximum absolute atomic E-state index is 11.1. The second-order valence-electron chi connectivity index (χ2n) is 5.96. The van der Waals surface area contributed by atoms with Gasteiger partial charge in [0.25, 0.3) is 0 Å². The Balaban J connectivity index is 2.31. The van der Waals surface area contributed by atoms with E-state index >= 15 is 0 Å². The number of rotatable bonds is 5. The molecule has 0 aromatic heterocycles. The number of aliphatic hydroxyl groups excluding tert-OH is 1. The molecule has 3 atom stereocenters. The lowest BCUT2D eigenvalue weighted by Gasteiger charge is -2.43. The highest BCUT2D eigenvalue weighted by Gasteiger charge is 2.55. The second kappa shape index (κ2) is 7.15. The smallest absolute Gasteiger partial charge is 0.239 e. The Morgan fingerprint density at radius 2 is 1.52 bits per heavy atom. The van der Waals surface area contributed by atoms with E-state index in [4.69, 9.17) is 23.7 Å². The number of ether oxygens (including phenoxy) is 5. The summed E-state index contributed by atoms with van der Waals surface area (Å²) in [5.41, 5.74) is 0.600. The van der Waals surface area contributed by atoms with Gasteiger partial charge in [0.05, 0.1) is 26.9 Å². The third-order valence-corrected chi connectivity index (χ3v) is 4.65. The van der Waals surface area contributed by atoms with Crippen LogP contribution in [0.15, 0.2) is 30.3 Å². The van der Waals surface area contributed by atoms with Crippen molar-refractivity contribution in [2.45, 2.75) is 18.0 Å². The fourth-order valence-electron chi connectivity index (χ4n) is 3.32. The van der Waals surface area contributed by atoms with Crippen molar-refractivity contribution in [1.29, 1.82) is 0 Å². The fourth-order valence-corrected chi connectivity index (χ4v) is 3.32. The van der Waals surface area contributed by atoms with Gasteiger partial charge in [0, 0.05) is 7.11 Å². The van der Waals surface area contributed by atoms with Gasteiger partial charge >= 0.3 is 0 Å². The van der Waals surface area contributed by atoms with Crippen LogP contribution in [0.25, 0.3) is 0 Å². The van der Waals surface area contributed by atoms with Crippen LogP contribution < -0.4 is 18.9 Å². The molecule has 0 radical (unpaired) electrons. The fraction of sp³-hybridized carbons (Fsp3) is 0.368. The first-order valence-electron chi connectivity index (χ1n) is 8.16. The summed E-state index contributed by atoms with van der Waals surface area (Å²) >= 11 is 0. The predicted octanol–water partition coefficient (Wildman–Crippen LogP) is 1.92. The molecule has 0 fully saturated rings. The van der Waals surface area contributed by atoms with Crippen LogP contribution in [0.5, 0.6) is 28.7 Å². The van der Waals surface area contributed by atoms with Crippen molar-refractivity contribution in [3.8, 4) is 28.7 Å². The third-order valence-electron chi connectivity index (χ3n) is 4.65. The van der Waals surface area contributed by atoms with E-state index in [1.54, 1.807) is 24.3 Å². The topological polar surface area (TPSA) is 107 Å².